The lowest BCUT2D eigenvalue weighted by Gasteiger charge is -2.39. The van der Waals surface area contributed by atoms with Crippen molar-refractivity contribution in [1.29, 1.82) is 0 Å². The first-order chi connectivity index (χ1) is 12.6. The van der Waals surface area contributed by atoms with E-state index in [-0.39, 0.29) is 5.91 Å². The van der Waals surface area contributed by atoms with Crippen LogP contribution in [-0.2, 0) is 21.6 Å². The molecule has 6 nitrogen and oxygen atoms in total. The third-order valence-corrected chi connectivity index (χ3v) is 5.70. The normalized spacial score (nSPS) is 17.5. The molecule has 0 bridgehead atoms. The fraction of sp³-hybridized carbons (Fsp3) is 0.263. The summed E-state index contributed by atoms with van der Waals surface area (Å²) in [4.78, 5) is 26.6. The second-order valence-electron chi connectivity index (χ2n) is 6.51. The van der Waals surface area contributed by atoms with Crippen molar-refractivity contribution >= 4 is 34.6 Å². The van der Waals surface area contributed by atoms with Crippen molar-refractivity contribution in [2.75, 3.05) is 13.1 Å². The second kappa shape index (κ2) is 6.49. The van der Waals surface area contributed by atoms with Crippen molar-refractivity contribution in [2.45, 2.75) is 18.3 Å². The van der Waals surface area contributed by atoms with Crippen LogP contribution in [0.5, 0.6) is 0 Å². The van der Waals surface area contributed by atoms with Crippen LogP contribution in [0.2, 0.25) is 0 Å². The molecule has 1 N–H and O–H groups in total. The number of aliphatic carboxylic acids is 1. The fourth-order valence-corrected chi connectivity index (χ4v) is 4.09. The zero-order chi connectivity index (χ0) is 18.1. The Bertz CT molecular complexity index is 944. The Balaban J connectivity index is 1.53. The van der Waals surface area contributed by atoms with Crippen molar-refractivity contribution in [3.8, 4) is 0 Å². The Kier molecular flexibility index (Phi) is 4.16. The van der Waals surface area contributed by atoms with Gasteiger partial charge in [-0.2, -0.15) is 8.73 Å². The molecule has 2 heterocycles. The number of likely N-dealkylation sites (tertiary alicyclic amines) is 1. The summed E-state index contributed by atoms with van der Waals surface area (Å²) in [5.41, 5.74) is 1.92. The van der Waals surface area contributed by atoms with Crippen LogP contribution in [0.15, 0.2) is 57.3 Å². The summed E-state index contributed by atoms with van der Waals surface area (Å²) < 4.78 is 8.32. The van der Waals surface area contributed by atoms with Gasteiger partial charge in [0, 0.05) is 18.7 Å². The molecule has 2 aromatic rings. The lowest BCUT2D eigenvalue weighted by atomic mass is 9.73. The molecular formula is C19H17N3O3S. The van der Waals surface area contributed by atoms with E-state index >= 15 is 0 Å². The number of carbonyl (C=O) groups is 2. The highest BCUT2D eigenvalue weighted by molar-refractivity contribution is 7.58. The monoisotopic (exact) mass is 367 g/mol. The van der Waals surface area contributed by atoms with Gasteiger partial charge >= 0.3 is 5.97 Å². The molecule has 0 saturated carbocycles. The number of amides is 1. The van der Waals surface area contributed by atoms with Gasteiger partial charge in [0.1, 0.15) is 11.4 Å². The molecule has 2 aliphatic rings. The topological polar surface area (TPSA) is 82.3 Å². The lowest BCUT2D eigenvalue weighted by Crippen LogP contribution is -2.49. The van der Waals surface area contributed by atoms with Gasteiger partial charge in [-0.25, -0.2) is 0 Å². The number of fused-ring (bicyclic) bond motifs is 1. The minimum atomic E-state index is -0.930. The smallest absolute Gasteiger partial charge is 0.314 e. The van der Waals surface area contributed by atoms with E-state index in [2.05, 4.69) is 8.73 Å². The van der Waals surface area contributed by atoms with E-state index in [9.17, 15) is 14.7 Å². The van der Waals surface area contributed by atoms with E-state index in [4.69, 9.17) is 0 Å². The number of nitrogens with zero attached hydrogens (tertiary/aromatic N) is 3. The molecule has 2 aromatic carbocycles. The molecule has 0 spiro atoms. The van der Waals surface area contributed by atoms with E-state index < -0.39 is 11.4 Å². The second-order valence-corrected chi connectivity index (χ2v) is 7.04. The fourth-order valence-electron chi connectivity index (χ4n) is 3.57. The van der Waals surface area contributed by atoms with Crippen LogP contribution < -0.4 is 0 Å². The zero-order valence-corrected chi connectivity index (χ0v) is 14.8. The summed E-state index contributed by atoms with van der Waals surface area (Å²) >= 11 is 1.12. The van der Waals surface area contributed by atoms with Gasteiger partial charge in [-0.05, 0) is 36.6 Å². The number of carboxylic acids is 1. The van der Waals surface area contributed by atoms with Crippen LogP contribution in [0, 0.1) is 0 Å². The van der Waals surface area contributed by atoms with Gasteiger partial charge in [0.25, 0.3) is 5.91 Å². The van der Waals surface area contributed by atoms with Crippen LogP contribution in [-0.4, -0.2) is 35.0 Å². The number of carboxylic acid groups (broad SMARTS) is 1. The molecule has 2 aliphatic heterocycles. The number of piperidine rings is 1. The molecule has 0 unspecified atom stereocenters. The summed E-state index contributed by atoms with van der Waals surface area (Å²) in [6, 6.07) is 14.6. The van der Waals surface area contributed by atoms with Gasteiger partial charge in [-0.3, -0.25) is 9.59 Å². The lowest BCUT2D eigenvalue weighted by molar-refractivity contribution is -0.145. The summed E-state index contributed by atoms with van der Waals surface area (Å²) in [5.74, 6) is -0.919. The summed E-state index contributed by atoms with van der Waals surface area (Å²) in [6.07, 6.45) is 0.803. The molecule has 132 valence electrons. The molecule has 26 heavy (non-hydrogen) atoms. The van der Waals surface area contributed by atoms with Gasteiger partial charge in [0.2, 0.25) is 0 Å². The van der Waals surface area contributed by atoms with Gasteiger partial charge < -0.3 is 10.0 Å². The summed E-state index contributed by atoms with van der Waals surface area (Å²) in [6.45, 7) is 0.820. The average molecular weight is 367 g/mol. The Morgan fingerprint density at radius 1 is 1.00 bits per heavy atom. The summed E-state index contributed by atoms with van der Waals surface area (Å²) in [7, 11) is 0. The first kappa shape index (κ1) is 16.7. The van der Waals surface area contributed by atoms with Crippen molar-refractivity contribution in [2.24, 2.45) is 8.73 Å². The maximum atomic E-state index is 12.8. The predicted octanol–water partition coefficient (Wildman–Crippen LogP) is 3.67. The summed E-state index contributed by atoms with van der Waals surface area (Å²) in [5, 5.41) is 9.86. The molecular weight excluding hydrogens is 350 g/mol. The number of hydrogen-bond donors (Lipinski definition) is 1. The van der Waals surface area contributed by atoms with E-state index in [0.717, 1.165) is 22.6 Å². The average Bonchev–Trinajstić information content (AvgIpc) is 3.16. The Hall–Kier alpha value is -2.80. The Labute approximate surface area is 154 Å². The predicted molar refractivity (Wildman–Crippen MR) is 98.9 cm³/mol. The van der Waals surface area contributed by atoms with Crippen molar-refractivity contribution < 1.29 is 14.7 Å². The number of rotatable bonds is 3. The number of hydrogen-bond acceptors (Lipinski definition) is 4. The zero-order valence-electron chi connectivity index (χ0n) is 14.0. The van der Waals surface area contributed by atoms with Gasteiger partial charge in [-0.1, -0.05) is 30.3 Å². The van der Waals surface area contributed by atoms with Gasteiger partial charge in [0.15, 0.2) is 0 Å². The van der Waals surface area contributed by atoms with Crippen molar-refractivity contribution in [3.05, 3.63) is 59.7 Å². The first-order valence-corrected chi connectivity index (χ1v) is 9.14. The minimum Gasteiger partial charge on any atom is -0.481 e. The van der Waals surface area contributed by atoms with Gasteiger partial charge in [0.05, 0.1) is 16.8 Å². The molecule has 0 radical (unpaired) electrons. The van der Waals surface area contributed by atoms with Crippen molar-refractivity contribution in [1.82, 2.24) is 4.90 Å². The molecule has 0 aromatic heterocycles. The largest absolute Gasteiger partial charge is 0.481 e. The van der Waals surface area contributed by atoms with E-state index in [1.165, 1.54) is 0 Å². The highest BCUT2D eigenvalue weighted by Crippen LogP contribution is 2.37. The molecule has 0 atom stereocenters. The van der Waals surface area contributed by atoms with E-state index in [1.54, 1.807) is 23.1 Å². The van der Waals surface area contributed by atoms with Crippen LogP contribution in [0.4, 0.5) is 11.4 Å². The van der Waals surface area contributed by atoms with Gasteiger partial charge in [-0.15, -0.1) is 0 Å². The van der Waals surface area contributed by atoms with Crippen molar-refractivity contribution in [3.63, 3.8) is 0 Å². The highest BCUT2D eigenvalue weighted by atomic mass is 32.1. The molecule has 4 rings (SSSR count). The first-order valence-electron chi connectivity index (χ1n) is 8.41. The third kappa shape index (κ3) is 2.74. The highest BCUT2D eigenvalue weighted by Gasteiger charge is 2.43. The maximum absolute atomic E-state index is 12.8. The molecule has 1 amide bonds. The Morgan fingerprint density at radius 2 is 1.69 bits per heavy atom. The van der Waals surface area contributed by atoms with Crippen LogP contribution in [0.25, 0.3) is 0 Å². The third-order valence-electron chi connectivity index (χ3n) is 5.14. The maximum Gasteiger partial charge on any atom is 0.314 e. The quantitative estimate of drug-likeness (QED) is 0.767. The van der Waals surface area contributed by atoms with E-state index in [1.807, 2.05) is 30.3 Å². The SMILES string of the molecule is O=C(c1ccc2c(c1)N=S=N2)N1CCC(C(=O)O)(c2ccccc2)CC1. The number of benzene rings is 2. The van der Waals surface area contributed by atoms with Crippen LogP contribution >= 0.6 is 0 Å². The van der Waals surface area contributed by atoms with Crippen LogP contribution in [0.1, 0.15) is 28.8 Å². The molecule has 1 fully saturated rings. The van der Waals surface area contributed by atoms with Crippen LogP contribution in [0.3, 0.4) is 0 Å². The Morgan fingerprint density at radius 3 is 2.38 bits per heavy atom. The minimum absolute atomic E-state index is 0.0908. The van der Waals surface area contributed by atoms with E-state index in [0.29, 0.717) is 37.2 Å². The number of carbonyl (C=O) groups excluding carboxylic acids is 1. The molecule has 7 heteroatoms. The molecule has 1 saturated heterocycles. The standard InChI is InChI=1S/C19H17N3O3S/c23-17(13-6-7-15-16(12-13)21-26-20-15)22-10-8-19(9-11-22,18(24)25)14-4-2-1-3-5-14/h1-7,12H,8-11H2,(H,24,25). The molecule has 0 aliphatic carbocycles.